The van der Waals surface area contributed by atoms with Gasteiger partial charge in [0.25, 0.3) is 0 Å². The molecule has 0 aromatic rings. The zero-order valence-electron chi connectivity index (χ0n) is 63.9. The van der Waals surface area contributed by atoms with E-state index in [1.807, 2.05) is 21.1 Å². The lowest BCUT2D eigenvalue weighted by atomic mass is 10.0. The van der Waals surface area contributed by atoms with Crippen LogP contribution in [0.15, 0.2) is 24.3 Å². The molecule has 0 amide bonds. The Kier molecular flexibility index (Phi) is 74.7. The first kappa shape index (κ1) is 91.8. The van der Waals surface area contributed by atoms with Crippen LogP contribution < -0.4 is 5.11 Å². The minimum Gasteiger partial charge on any atom is -0.545 e. The summed E-state index contributed by atoms with van der Waals surface area (Å²) in [4.78, 5) is 37.6. The Morgan fingerprint density at radius 1 is 0.319 bits per heavy atom. The summed E-state index contributed by atoms with van der Waals surface area (Å²) in [5.41, 5.74) is 0. The molecule has 9 nitrogen and oxygen atoms in total. The van der Waals surface area contributed by atoms with Gasteiger partial charge in [0.1, 0.15) is 13.2 Å². The summed E-state index contributed by atoms with van der Waals surface area (Å²) >= 11 is 0. The van der Waals surface area contributed by atoms with Gasteiger partial charge in [-0.2, -0.15) is 0 Å². The number of carboxylic acids is 1. The Balaban J connectivity index is 3.91. The van der Waals surface area contributed by atoms with E-state index in [4.69, 9.17) is 18.9 Å². The molecule has 0 N–H and O–H groups in total. The minimum atomic E-state index is -1.62. The highest BCUT2D eigenvalue weighted by molar-refractivity contribution is 5.70. The quantitative estimate of drug-likeness (QED) is 0.0195. The molecule has 0 heterocycles. The number of carboxylic acid groups (broad SMARTS) is 1. The molecule has 0 aliphatic carbocycles. The summed E-state index contributed by atoms with van der Waals surface area (Å²) in [6.45, 7) is 4.83. The molecule has 0 aromatic carbocycles. The summed E-state index contributed by atoms with van der Waals surface area (Å²) in [6, 6.07) is 0. The first-order valence-electron chi connectivity index (χ1n) is 42.0. The molecule has 9 heteroatoms. The maximum atomic E-state index is 13.0. The molecule has 0 spiro atoms. The van der Waals surface area contributed by atoms with Gasteiger partial charge < -0.3 is 33.3 Å². The van der Waals surface area contributed by atoms with Crippen molar-refractivity contribution in [2.24, 2.45) is 0 Å². The lowest BCUT2D eigenvalue weighted by Crippen LogP contribution is -2.44. The third-order valence-electron chi connectivity index (χ3n) is 19.5. The third kappa shape index (κ3) is 77.1. The average Bonchev–Trinajstić information content (AvgIpc) is 3.72. The summed E-state index contributed by atoms with van der Waals surface area (Å²) in [5.74, 6) is -2.25. The van der Waals surface area contributed by atoms with E-state index < -0.39 is 24.3 Å². The highest BCUT2D eigenvalue weighted by atomic mass is 16.7. The molecule has 556 valence electrons. The smallest absolute Gasteiger partial charge is 0.306 e. The number of unbranched alkanes of at least 4 members (excludes halogenated alkanes) is 61. The van der Waals surface area contributed by atoms with Gasteiger partial charge in [-0.3, -0.25) is 9.59 Å². The summed E-state index contributed by atoms with van der Waals surface area (Å²) in [7, 11) is 5.95. The number of nitrogens with zero attached hydrogens (tertiary/aromatic N) is 1. The van der Waals surface area contributed by atoms with E-state index in [0.29, 0.717) is 17.4 Å². The van der Waals surface area contributed by atoms with Crippen molar-refractivity contribution in [2.75, 3.05) is 47.5 Å². The van der Waals surface area contributed by atoms with E-state index in [2.05, 4.69) is 38.2 Å². The molecule has 0 rings (SSSR count). The van der Waals surface area contributed by atoms with Crippen LogP contribution in [0.2, 0.25) is 0 Å². The Bertz CT molecular complexity index is 1590. The van der Waals surface area contributed by atoms with Crippen LogP contribution in [-0.2, 0) is 33.3 Å². The van der Waals surface area contributed by atoms with Crippen molar-refractivity contribution < 1.29 is 42.9 Å². The molecule has 0 bridgehead atoms. The van der Waals surface area contributed by atoms with Gasteiger partial charge in [0.05, 0.1) is 40.3 Å². The molecule has 2 unspecified atom stereocenters. The summed E-state index contributed by atoms with van der Waals surface area (Å²) in [6.07, 6.45) is 94.8. The number of rotatable bonds is 80. The molecule has 0 fully saturated rings. The largest absolute Gasteiger partial charge is 0.545 e. The standard InChI is InChI=1S/C85H163NO8/c1-6-8-10-12-14-16-18-20-22-24-26-28-30-32-34-36-37-38-39-40-41-42-43-44-45-46-48-49-51-53-55-57-59-61-63-65-67-69-71-73-75-82(87)92-79-81(80-93-85(84(89)90)91-78-77-86(3,4)5)94-83(88)76-74-72-70-68-66-64-62-60-58-56-54-52-50-47-35-33-31-29-27-25-23-21-19-17-15-13-11-9-7-2/h19,21,25,27,81,85H,6-18,20,22-24,26,28-80H2,1-5H3/b21-19-,27-25-. The second kappa shape index (κ2) is 76.5. The third-order valence-corrected chi connectivity index (χ3v) is 19.5. The monoisotopic (exact) mass is 1330 g/mol. The SMILES string of the molecule is CCCCCCC/C=C\C/C=C\CCCCCCCCCCCCCCCCCCCC(=O)OC(COC(=O)CCCCCCCCCCCCCCCCCCCCCCCCCCCCCCCCCCCCCCCCCC)COC(OCC[N+](C)(C)C)C(=O)[O-]. The number of hydrogen-bond donors (Lipinski definition) is 0. The lowest BCUT2D eigenvalue weighted by molar-refractivity contribution is -0.870. The normalized spacial score (nSPS) is 12.6. The van der Waals surface area contributed by atoms with Gasteiger partial charge in [-0.1, -0.05) is 411 Å². The van der Waals surface area contributed by atoms with Gasteiger partial charge in [-0.15, -0.1) is 0 Å². The summed E-state index contributed by atoms with van der Waals surface area (Å²) < 4.78 is 22.9. The first-order valence-corrected chi connectivity index (χ1v) is 42.0. The molecule has 0 saturated carbocycles. The van der Waals surface area contributed by atoms with Crippen LogP contribution >= 0.6 is 0 Å². The molecule has 0 radical (unpaired) electrons. The highest BCUT2D eigenvalue weighted by Gasteiger charge is 2.22. The van der Waals surface area contributed by atoms with E-state index in [-0.39, 0.29) is 32.2 Å². The van der Waals surface area contributed by atoms with Crippen molar-refractivity contribution >= 4 is 17.9 Å². The zero-order chi connectivity index (χ0) is 68.2. The van der Waals surface area contributed by atoms with Gasteiger partial charge in [-0.25, -0.2) is 0 Å². The fraction of sp³-hybridized carbons (Fsp3) is 0.918. The van der Waals surface area contributed by atoms with Crippen LogP contribution in [0.5, 0.6) is 0 Å². The van der Waals surface area contributed by atoms with Crippen LogP contribution in [0, 0.1) is 0 Å². The van der Waals surface area contributed by atoms with Crippen molar-refractivity contribution in [3.05, 3.63) is 24.3 Å². The van der Waals surface area contributed by atoms with E-state index in [0.717, 1.165) is 44.9 Å². The number of quaternary nitrogens is 1. The fourth-order valence-electron chi connectivity index (χ4n) is 13.0. The van der Waals surface area contributed by atoms with Gasteiger partial charge in [0.2, 0.25) is 0 Å². The number of ether oxygens (including phenoxy) is 4. The van der Waals surface area contributed by atoms with E-state index >= 15 is 0 Å². The van der Waals surface area contributed by atoms with Crippen molar-refractivity contribution in [1.82, 2.24) is 0 Å². The number of likely N-dealkylation sites (N-methyl/N-ethyl adjacent to an activating group) is 1. The van der Waals surface area contributed by atoms with Crippen LogP contribution in [0.4, 0.5) is 0 Å². The second-order valence-electron chi connectivity index (χ2n) is 30.1. The number of allylic oxidation sites excluding steroid dienone is 4. The van der Waals surface area contributed by atoms with Crippen molar-refractivity contribution in [3.8, 4) is 0 Å². The molecule has 0 aliphatic rings. The van der Waals surface area contributed by atoms with Crippen LogP contribution in [-0.4, -0.2) is 82.3 Å². The predicted octanol–water partition coefficient (Wildman–Crippen LogP) is 25.5. The van der Waals surface area contributed by atoms with Crippen LogP contribution in [0.1, 0.15) is 444 Å². The van der Waals surface area contributed by atoms with E-state index in [9.17, 15) is 19.5 Å². The molecule has 2 atom stereocenters. The fourth-order valence-corrected chi connectivity index (χ4v) is 13.0. The van der Waals surface area contributed by atoms with Crippen LogP contribution in [0.25, 0.3) is 0 Å². The number of carbonyl (C=O) groups excluding carboxylic acids is 3. The summed E-state index contributed by atoms with van der Waals surface area (Å²) in [5, 5.41) is 11.9. The maximum Gasteiger partial charge on any atom is 0.306 e. The number of carbonyl (C=O) groups is 3. The van der Waals surface area contributed by atoms with Crippen molar-refractivity contribution in [3.63, 3.8) is 0 Å². The van der Waals surface area contributed by atoms with E-state index in [1.54, 1.807) is 0 Å². The van der Waals surface area contributed by atoms with Gasteiger partial charge in [0.15, 0.2) is 12.4 Å². The second-order valence-corrected chi connectivity index (χ2v) is 30.1. The molecular weight excluding hydrogens is 1160 g/mol. The number of hydrogen-bond acceptors (Lipinski definition) is 8. The van der Waals surface area contributed by atoms with Crippen molar-refractivity contribution in [1.29, 1.82) is 0 Å². The highest BCUT2D eigenvalue weighted by Crippen LogP contribution is 2.21. The Hall–Kier alpha value is -2.23. The number of aliphatic carboxylic acids is 1. The average molecular weight is 1330 g/mol. The van der Waals surface area contributed by atoms with Crippen LogP contribution in [0.3, 0.4) is 0 Å². The maximum absolute atomic E-state index is 13.0. The van der Waals surface area contributed by atoms with E-state index in [1.165, 1.54) is 372 Å². The molecule has 0 aliphatic heterocycles. The molecule has 0 saturated heterocycles. The lowest BCUT2D eigenvalue weighted by Gasteiger charge is -2.26. The molecule has 0 aromatic heterocycles. The van der Waals surface area contributed by atoms with Gasteiger partial charge in [-0.05, 0) is 44.9 Å². The topological polar surface area (TPSA) is 111 Å². The molecule has 94 heavy (non-hydrogen) atoms. The Morgan fingerprint density at radius 2 is 0.574 bits per heavy atom. The minimum absolute atomic E-state index is 0.152. The first-order chi connectivity index (χ1) is 46.1. The number of esters is 2. The zero-order valence-corrected chi connectivity index (χ0v) is 63.9. The van der Waals surface area contributed by atoms with Gasteiger partial charge >= 0.3 is 11.9 Å². The predicted molar refractivity (Wildman–Crippen MR) is 403 cm³/mol. The Labute approximate surface area is 586 Å². The Morgan fingerprint density at radius 3 is 0.840 bits per heavy atom. The van der Waals surface area contributed by atoms with Gasteiger partial charge in [0, 0.05) is 12.8 Å². The molecular formula is C85H163NO8. The van der Waals surface area contributed by atoms with Crippen molar-refractivity contribution in [2.45, 2.75) is 456 Å².